The first kappa shape index (κ1) is 15.0. The van der Waals surface area contributed by atoms with E-state index in [9.17, 15) is 9.59 Å². The third-order valence-electron chi connectivity index (χ3n) is 3.40. The number of carbonyl (C=O) groups excluding carboxylic acids is 2. The number of Topliss-reactive ketones (excluding diaryl/α,β-unsaturated/α-hetero) is 1. The van der Waals surface area contributed by atoms with Crippen LogP contribution in [0.3, 0.4) is 0 Å². The number of fused-ring (bicyclic) bond motifs is 1. The molecule has 0 saturated carbocycles. The molecule has 0 saturated heterocycles. The van der Waals surface area contributed by atoms with Crippen molar-refractivity contribution >= 4 is 22.5 Å². The van der Waals surface area contributed by atoms with Gasteiger partial charge in [-0.2, -0.15) is 0 Å². The highest BCUT2D eigenvalue weighted by molar-refractivity contribution is 6.10. The predicted molar refractivity (Wildman–Crippen MR) is 80.7 cm³/mol. The Balaban J connectivity index is 2.26. The van der Waals surface area contributed by atoms with Crippen LogP contribution >= 0.6 is 0 Å². The van der Waals surface area contributed by atoms with E-state index in [-0.39, 0.29) is 18.2 Å². The number of hydrogen-bond donors (Lipinski definition) is 0. The fourth-order valence-electron chi connectivity index (χ4n) is 2.33. The van der Waals surface area contributed by atoms with Crippen LogP contribution in [0.15, 0.2) is 36.4 Å². The van der Waals surface area contributed by atoms with Crippen LogP contribution in [0, 0.1) is 0 Å². The van der Waals surface area contributed by atoms with Gasteiger partial charge in [-0.1, -0.05) is 30.3 Å². The minimum absolute atomic E-state index is 0.0208. The van der Waals surface area contributed by atoms with E-state index < -0.39 is 0 Å². The van der Waals surface area contributed by atoms with Crippen LogP contribution in [-0.2, 0) is 9.53 Å². The summed E-state index contributed by atoms with van der Waals surface area (Å²) in [5, 5.41) is 1.87. The topological polar surface area (TPSA) is 52.6 Å². The summed E-state index contributed by atoms with van der Waals surface area (Å²) >= 11 is 0. The van der Waals surface area contributed by atoms with E-state index in [1.807, 2.05) is 30.3 Å². The molecule has 0 fully saturated rings. The van der Waals surface area contributed by atoms with Crippen molar-refractivity contribution in [1.29, 1.82) is 0 Å². The minimum atomic E-state index is -0.298. The van der Waals surface area contributed by atoms with Crippen LogP contribution in [0.5, 0.6) is 5.75 Å². The summed E-state index contributed by atoms with van der Waals surface area (Å²) in [6, 6.07) is 11.4. The maximum Gasteiger partial charge on any atom is 0.305 e. The van der Waals surface area contributed by atoms with Gasteiger partial charge in [0, 0.05) is 12.8 Å². The molecule has 2 aromatic rings. The van der Waals surface area contributed by atoms with Gasteiger partial charge < -0.3 is 9.47 Å². The SMILES string of the molecule is COC(=O)CCCC(=O)c1c(OC)ccc2ccccc12. The largest absolute Gasteiger partial charge is 0.496 e. The Kier molecular flexibility index (Phi) is 4.93. The molecule has 4 nitrogen and oxygen atoms in total. The van der Waals surface area contributed by atoms with Crippen LogP contribution in [0.1, 0.15) is 29.6 Å². The fraction of sp³-hybridized carbons (Fsp3) is 0.294. The molecule has 21 heavy (non-hydrogen) atoms. The molecule has 0 N–H and O–H groups in total. The highest BCUT2D eigenvalue weighted by Gasteiger charge is 2.16. The second-order valence-electron chi connectivity index (χ2n) is 4.72. The number of ether oxygens (including phenoxy) is 2. The van der Waals surface area contributed by atoms with Crippen molar-refractivity contribution in [2.24, 2.45) is 0 Å². The van der Waals surface area contributed by atoms with Crippen molar-refractivity contribution in [3.63, 3.8) is 0 Å². The van der Waals surface area contributed by atoms with Crippen molar-refractivity contribution in [3.8, 4) is 5.75 Å². The lowest BCUT2D eigenvalue weighted by Crippen LogP contribution is -2.06. The molecule has 4 heteroatoms. The third kappa shape index (κ3) is 3.40. The summed E-state index contributed by atoms with van der Waals surface area (Å²) in [5.41, 5.74) is 0.584. The van der Waals surface area contributed by atoms with E-state index >= 15 is 0 Å². The minimum Gasteiger partial charge on any atom is -0.496 e. The number of esters is 1. The average Bonchev–Trinajstić information content (AvgIpc) is 2.53. The average molecular weight is 286 g/mol. The van der Waals surface area contributed by atoms with Crippen molar-refractivity contribution in [2.75, 3.05) is 14.2 Å². The number of carbonyl (C=O) groups is 2. The zero-order valence-electron chi connectivity index (χ0n) is 12.2. The molecule has 0 amide bonds. The molecule has 2 rings (SSSR count). The molecule has 110 valence electrons. The first-order chi connectivity index (χ1) is 10.2. The Morgan fingerprint density at radius 2 is 1.76 bits per heavy atom. The Morgan fingerprint density at radius 1 is 1.00 bits per heavy atom. The maximum absolute atomic E-state index is 12.5. The third-order valence-corrected chi connectivity index (χ3v) is 3.40. The number of rotatable bonds is 6. The molecule has 0 radical (unpaired) electrons. The molecule has 2 aromatic carbocycles. The first-order valence-electron chi connectivity index (χ1n) is 6.83. The second-order valence-corrected chi connectivity index (χ2v) is 4.72. The van der Waals surface area contributed by atoms with Gasteiger partial charge in [-0.3, -0.25) is 9.59 Å². The quantitative estimate of drug-likeness (QED) is 0.603. The summed E-state index contributed by atoms with van der Waals surface area (Å²) in [7, 11) is 2.90. The monoisotopic (exact) mass is 286 g/mol. The highest BCUT2D eigenvalue weighted by atomic mass is 16.5. The van der Waals surface area contributed by atoms with E-state index in [1.54, 1.807) is 13.2 Å². The molecule has 0 bridgehead atoms. The van der Waals surface area contributed by atoms with Crippen molar-refractivity contribution < 1.29 is 19.1 Å². The van der Waals surface area contributed by atoms with Gasteiger partial charge in [0.15, 0.2) is 5.78 Å². The van der Waals surface area contributed by atoms with Gasteiger partial charge in [0.05, 0.1) is 19.8 Å². The van der Waals surface area contributed by atoms with E-state index in [0.29, 0.717) is 24.2 Å². The molecule has 0 aliphatic carbocycles. The van der Waals surface area contributed by atoms with Crippen molar-refractivity contribution in [3.05, 3.63) is 42.0 Å². The molecule has 0 aliphatic rings. The molecular weight excluding hydrogens is 268 g/mol. The number of benzene rings is 2. The Morgan fingerprint density at radius 3 is 2.48 bits per heavy atom. The Bertz CT molecular complexity index is 661. The van der Waals surface area contributed by atoms with Crippen LogP contribution < -0.4 is 4.74 Å². The van der Waals surface area contributed by atoms with Crippen molar-refractivity contribution in [2.45, 2.75) is 19.3 Å². The van der Waals surface area contributed by atoms with Crippen molar-refractivity contribution in [1.82, 2.24) is 0 Å². The predicted octanol–water partition coefficient (Wildman–Crippen LogP) is 3.37. The van der Waals surface area contributed by atoms with E-state index in [1.165, 1.54) is 7.11 Å². The Labute approximate surface area is 123 Å². The smallest absolute Gasteiger partial charge is 0.305 e. The summed E-state index contributed by atoms with van der Waals surface area (Å²) in [6.45, 7) is 0. The van der Waals surface area contributed by atoms with Gasteiger partial charge in [0.2, 0.25) is 0 Å². The summed E-state index contributed by atoms with van der Waals surface area (Å²) in [5.74, 6) is 0.247. The molecule has 0 aromatic heterocycles. The van der Waals surface area contributed by atoms with Gasteiger partial charge in [0.1, 0.15) is 5.75 Å². The maximum atomic E-state index is 12.5. The highest BCUT2D eigenvalue weighted by Crippen LogP contribution is 2.29. The molecular formula is C17H18O4. The molecule has 0 unspecified atom stereocenters. The zero-order valence-corrected chi connectivity index (χ0v) is 12.2. The Hall–Kier alpha value is -2.36. The van der Waals surface area contributed by atoms with Gasteiger partial charge >= 0.3 is 5.97 Å². The lowest BCUT2D eigenvalue weighted by Gasteiger charge is -2.11. The number of hydrogen-bond acceptors (Lipinski definition) is 4. The number of ketones is 1. The first-order valence-corrected chi connectivity index (χ1v) is 6.83. The van der Waals surface area contributed by atoms with E-state index in [4.69, 9.17) is 4.74 Å². The van der Waals surface area contributed by atoms with Gasteiger partial charge in [-0.25, -0.2) is 0 Å². The molecule has 0 aliphatic heterocycles. The fourth-order valence-corrected chi connectivity index (χ4v) is 2.33. The normalized spacial score (nSPS) is 10.4. The summed E-state index contributed by atoms with van der Waals surface area (Å²) < 4.78 is 9.89. The molecule has 0 atom stereocenters. The van der Waals surface area contributed by atoms with Crippen LogP contribution in [-0.4, -0.2) is 26.0 Å². The van der Waals surface area contributed by atoms with Gasteiger partial charge in [-0.05, 0) is 23.3 Å². The molecule has 0 heterocycles. The van der Waals surface area contributed by atoms with E-state index in [2.05, 4.69) is 4.74 Å². The zero-order chi connectivity index (χ0) is 15.2. The standard InChI is InChI=1S/C17H18O4/c1-20-15-11-10-12-6-3-4-7-13(12)17(15)14(18)8-5-9-16(19)21-2/h3-4,6-7,10-11H,5,8-9H2,1-2H3. The van der Waals surface area contributed by atoms with Gasteiger partial charge in [0.25, 0.3) is 0 Å². The lowest BCUT2D eigenvalue weighted by atomic mass is 9.97. The summed E-state index contributed by atoms with van der Waals surface area (Å²) in [4.78, 5) is 23.6. The van der Waals surface area contributed by atoms with Crippen LogP contribution in [0.25, 0.3) is 10.8 Å². The van der Waals surface area contributed by atoms with Crippen LogP contribution in [0.4, 0.5) is 0 Å². The lowest BCUT2D eigenvalue weighted by molar-refractivity contribution is -0.140. The second kappa shape index (κ2) is 6.88. The number of methoxy groups -OCH3 is 2. The summed E-state index contributed by atoms with van der Waals surface area (Å²) in [6.07, 6.45) is 1.01. The van der Waals surface area contributed by atoms with E-state index in [0.717, 1.165) is 10.8 Å². The van der Waals surface area contributed by atoms with Gasteiger partial charge in [-0.15, -0.1) is 0 Å². The molecule has 0 spiro atoms. The van der Waals surface area contributed by atoms with Crippen LogP contribution in [0.2, 0.25) is 0 Å².